The Hall–Kier alpha value is -4.42. The van der Waals surface area contributed by atoms with Gasteiger partial charge in [0.25, 0.3) is 15.7 Å². The zero-order chi connectivity index (χ0) is 39.7. The number of methoxy groups -OCH3 is 2. The first-order chi connectivity index (χ1) is 26.0. The van der Waals surface area contributed by atoms with E-state index in [2.05, 4.69) is 15.4 Å². The molecule has 3 aromatic carbocycles. The molecule has 0 aliphatic heterocycles. The van der Waals surface area contributed by atoms with Crippen LogP contribution in [0.25, 0.3) is 0 Å². The van der Waals surface area contributed by atoms with E-state index in [1.54, 1.807) is 24.3 Å². The average Bonchev–Trinajstić information content (AvgIpc) is 3.77. The number of sulfonamides is 1. The summed E-state index contributed by atoms with van der Waals surface area (Å²) < 4.78 is 124. The summed E-state index contributed by atoms with van der Waals surface area (Å²) in [5, 5.41) is 4.75. The molecule has 2 bridgehead atoms. The largest absolute Gasteiger partial charge is 0.501 e. The number of carbonyl (C=O) groups excluding carboxylic acids is 2. The lowest BCUT2D eigenvalue weighted by molar-refractivity contribution is -0.122. The first-order valence-corrected chi connectivity index (χ1v) is 20.7. The number of fused-ring (bicyclic) bond motifs is 2. The topological polar surface area (TPSA) is 166 Å². The molecule has 12 nitrogen and oxygen atoms in total. The minimum Gasteiger partial charge on any atom is -0.497 e. The highest BCUT2D eigenvalue weighted by molar-refractivity contribution is 7.92. The number of ether oxygens (including phenoxy) is 3. The minimum absolute atomic E-state index is 0.0649. The molecular weight excluding hydrogens is 771 g/mol. The molecule has 0 saturated heterocycles. The molecular formula is C37H41F4N3O9S2. The van der Waals surface area contributed by atoms with E-state index in [-0.39, 0.29) is 54.0 Å². The number of sulfone groups is 1. The van der Waals surface area contributed by atoms with E-state index in [4.69, 9.17) is 14.2 Å². The predicted molar refractivity (Wildman–Crippen MR) is 192 cm³/mol. The molecule has 6 rings (SSSR count). The van der Waals surface area contributed by atoms with Gasteiger partial charge in [0, 0.05) is 24.3 Å². The second kappa shape index (κ2) is 16.0. The number of rotatable bonds is 13. The number of hydrogen-bond donors (Lipinski definition) is 3. The molecule has 0 radical (unpaired) electrons. The van der Waals surface area contributed by atoms with Crippen LogP contribution in [0.1, 0.15) is 60.9 Å². The van der Waals surface area contributed by atoms with Crippen molar-refractivity contribution in [2.75, 3.05) is 19.5 Å². The molecule has 3 saturated carbocycles. The van der Waals surface area contributed by atoms with Gasteiger partial charge in [0.05, 0.1) is 42.0 Å². The van der Waals surface area contributed by atoms with Crippen LogP contribution in [0.3, 0.4) is 0 Å². The van der Waals surface area contributed by atoms with E-state index in [0.29, 0.717) is 37.9 Å². The van der Waals surface area contributed by atoms with Crippen molar-refractivity contribution >= 4 is 37.4 Å². The first kappa shape index (κ1) is 40.2. The number of alkyl halides is 3. The van der Waals surface area contributed by atoms with Crippen molar-refractivity contribution < 1.29 is 58.2 Å². The van der Waals surface area contributed by atoms with Gasteiger partial charge < -0.3 is 24.8 Å². The fourth-order valence-corrected chi connectivity index (χ4v) is 10.2. The minimum atomic E-state index is -5.65. The molecule has 2 amide bonds. The van der Waals surface area contributed by atoms with E-state index < -0.39 is 71.2 Å². The van der Waals surface area contributed by atoms with E-state index >= 15 is 4.39 Å². The standard InChI is InChI=1S/C37H41F4N3O9S2/c1-51-25-10-6-21(7-11-25)20-42-55(49,50)27-14-12-26(13-15-27)53-32-18-29(31(52-2)19-30(32)38)35(45)44-34-23-9-8-22(16-23)33(34)36(46)43-24-4-3-5-28(17-24)54(47,48)37(39,40)41/h3-7,10-11,17-19,22-23,26-27,33-34,42H,8-9,12-16,20H2,1-2H3,(H,43,46)(H,44,45)/t22-,23+,26?,27?,33-,34+/m0/s1. The molecule has 3 aliphatic rings. The Kier molecular flexibility index (Phi) is 11.7. The Morgan fingerprint density at radius 2 is 1.53 bits per heavy atom. The summed E-state index contributed by atoms with van der Waals surface area (Å²) in [7, 11) is -6.51. The molecule has 3 N–H and O–H groups in total. The van der Waals surface area contributed by atoms with Crippen LogP contribution in [-0.4, -0.2) is 65.8 Å². The second-order valence-electron chi connectivity index (χ2n) is 14.0. The Labute approximate surface area is 316 Å². The molecule has 0 aromatic heterocycles. The van der Waals surface area contributed by atoms with Crippen molar-refractivity contribution in [3.63, 3.8) is 0 Å². The van der Waals surface area contributed by atoms with Crippen molar-refractivity contribution in [1.29, 1.82) is 0 Å². The Morgan fingerprint density at radius 1 is 0.836 bits per heavy atom. The van der Waals surface area contributed by atoms with Gasteiger partial charge in [0.15, 0.2) is 11.6 Å². The summed E-state index contributed by atoms with van der Waals surface area (Å²) >= 11 is 0. The number of benzene rings is 3. The van der Waals surface area contributed by atoms with Crippen molar-refractivity contribution in [2.45, 2.75) is 79.3 Å². The van der Waals surface area contributed by atoms with Gasteiger partial charge in [0.1, 0.15) is 11.5 Å². The number of hydrogen-bond acceptors (Lipinski definition) is 9. The fraction of sp³-hybridized carbons (Fsp3) is 0.459. The third kappa shape index (κ3) is 8.70. The molecule has 3 aliphatic carbocycles. The molecule has 298 valence electrons. The molecule has 0 unspecified atom stereocenters. The molecule has 4 atom stereocenters. The quantitative estimate of drug-likeness (QED) is 0.183. The van der Waals surface area contributed by atoms with Gasteiger partial charge in [0.2, 0.25) is 15.9 Å². The van der Waals surface area contributed by atoms with Gasteiger partial charge in [-0.25, -0.2) is 25.9 Å². The van der Waals surface area contributed by atoms with Gasteiger partial charge in [-0.05, 0) is 98.7 Å². The average molecular weight is 812 g/mol. The number of amides is 2. The summed E-state index contributed by atoms with van der Waals surface area (Å²) in [5.74, 6) is -2.76. The van der Waals surface area contributed by atoms with Gasteiger partial charge in [-0.3, -0.25) is 9.59 Å². The van der Waals surface area contributed by atoms with Crippen molar-refractivity contribution in [2.24, 2.45) is 17.8 Å². The monoisotopic (exact) mass is 811 g/mol. The molecule has 0 spiro atoms. The van der Waals surface area contributed by atoms with E-state index in [1.165, 1.54) is 26.4 Å². The van der Waals surface area contributed by atoms with Crippen LogP contribution in [0.15, 0.2) is 65.6 Å². The highest BCUT2D eigenvalue weighted by Gasteiger charge is 2.52. The van der Waals surface area contributed by atoms with Crippen LogP contribution in [-0.2, 0) is 31.2 Å². The van der Waals surface area contributed by atoms with Gasteiger partial charge in [-0.15, -0.1) is 0 Å². The predicted octanol–water partition coefficient (Wildman–Crippen LogP) is 5.73. The van der Waals surface area contributed by atoms with E-state index in [0.717, 1.165) is 29.8 Å². The number of nitrogens with one attached hydrogen (secondary N) is 3. The van der Waals surface area contributed by atoms with Crippen LogP contribution >= 0.6 is 0 Å². The normalized spacial score (nSPS) is 23.9. The highest BCUT2D eigenvalue weighted by atomic mass is 32.2. The first-order valence-electron chi connectivity index (χ1n) is 17.7. The number of anilines is 1. The number of carbonyl (C=O) groups is 2. The zero-order valence-corrected chi connectivity index (χ0v) is 31.5. The van der Waals surface area contributed by atoms with Crippen molar-refractivity contribution in [3.05, 3.63) is 77.6 Å². The lowest BCUT2D eigenvalue weighted by Crippen LogP contribution is -2.48. The fourth-order valence-electron chi connectivity index (χ4n) is 7.86. The molecule has 55 heavy (non-hydrogen) atoms. The molecule has 18 heteroatoms. The maximum Gasteiger partial charge on any atom is 0.501 e. The van der Waals surface area contributed by atoms with Crippen LogP contribution in [0.2, 0.25) is 0 Å². The Balaban J connectivity index is 1.10. The van der Waals surface area contributed by atoms with E-state index in [9.17, 15) is 39.6 Å². The van der Waals surface area contributed by atoms with Crippen LogP contribution in [0, 0.1) is 23.6 Å². The van der Waals surface area contributed by atoms with Crippen LogP contribution in [0.5, 0.6) is 17.2 Å². The third-order valence-electron chi connectivity index (χ3n) is 10.7. The summed E-state index contributed by atoms with van der Waals surface area (Å²) in [5.41, 5.74) is -4.98. The third-order valence-corrected chi connectivity index (χ3v) is 14.1. The maximum atomic E-state index is 15.3. The van der Waals surface area contributed by atoms with E-state index in [1.807, 2.05) is 0 Å². The number of halogens is 4. The molecule has 3 fully saturated rings. The highest BCUT2D eigenvalue weighted by Crippen LogP contribution is 2.49. The van der Waals surface area contributed by atoms with Crippen molar-refractivity contribution in [1.82, 2.24) is 10.0 Å². The summed E-state index contributed by atoms with van der Waals surface area (Å²) in [6.07, 6.45) is 2.63. The molecule has 3 aromatic rings. The lowest BCUT2D eigenvalue weighted by atomic mass is 9.83. The summed E-state index contributed by atoms with van der Waals surface area (Å²) in [4.78, 5) is 26.3. The lowest BCUT2D eigenvalue weighted by Gasteiger charge is -2.31. The Bertz CT molecular complexity index is 2130. The second-order valence-corrected chi connectivity index (χ2v) is 18.0. The van der Waals surface area contributed by atoms with Gasteiger partial charge >= 0.3 is 5.51 Å². The Morgan fingerprint density at radius 3 is 2.18 bits per heavy atom. The van der Waals surface area contributed by atoms with Gasteiger partial charge in [-0.1, -0.05) is 18.2 Å². The van der Waals surface area contributed by atoms with Gasteiger partial charge in [-0.2, -0.15) is 13.2 Å². The summed E-state index contributed by atoms with van der Waals surface area (Å²) in [6, 6.07) is 12.4. The maximum absolute atomic E-state index is 15.3. The smallest absolute Gasteiger partial charge is 0.497 e. The van der Waals surface area contributed by atoms with Crippen molar-refractivity contribution in [3.8, 4) is 17.2 Å². The van der Waals surface area contributed by atoms with Crippen LogP contribution in [0.4, 0.5) is 23.2 Å². The summed E-state index contributed by atoms with van der Waals surface area (Å²) in [6.45, 7) is 0.115. The SMILES string of the molecule is COc1ccc(CNS(=O)(=O)C2CCC(Oc3cc(C(=O)N[C@@H]4[C@@H]5CC[C@@H](C5)[C@@H]4C(=O)Nc4cccc(S(=O)(=O)C(F)(F)F)c4)c(OC)cc3F)CC2)cc1. The van der Waals surface area contributed by atoms with Crippen LogP contribution < -0.4 is 29.6 Å². The molecule has 0 heterocycles. The zero-order valence-electron chi connectivity index (χ0n) is 29.9.